The third-order valence-corrected chi connectivity index (χ3v) is 3.07. The molecule has 2 aromatic rings. The maximum atomic E-state index is 5.99. The van der Waals surface area contributed by atoms with Crippen LogP contribution in [0.3, 0.4) is 0 Å². The lowest BCUT2D eigenvalue weighted by molar-refractivity contribution is 0.323. The molecule has 3 nitrogen and oxygen atoms in total. The third kappa shape index (κ3) is 4.72. The quantitative estimate of drug-likeness (QED) is 0.652. The van der Waals surface area contributed by atoms with E-state index in [0.29, 0.717) is 29.0 Å². The number of halogens is 1. The average Bonchev–Trinajstić information content (AvgIpc) is 2.46. The van der Waals surface area contributed by atoms with Gasteiger partial charge in [0.2, 0.25) is 0 Å². The first-order chi connectivity index (χ1) is 9.75. The van der Waals surface area contributed by atoms with Crippen molar-refractivity contribution in [1.82, 2.24) is 5.32 Å². The summed E-state index contributed by atoms with van der Waals surface area (Å²) in [6, 6.07) is 17.1. The van der Waals surface area contributed by atoms with Gasteiger partial charge in [-0.15, -0.1) is 0 Å². The van der Waals surface area contributed by atoms with Crippen LogP contribution in [0.2, 0.25) is 5.02 Å². The van der Waals surface area contributed by atoms with Gasteiger partial charge >= 0.3 is 0 Å². The summed E-state index contributed by atoms with van der Waals surface area (Å²) in [6.45, 7) is 1.09. The number of hydrogen-bond donors (Lipinski definition) is 2. The lowest BCUT2D eigenvalue weighted by Gasteiger charge is -2.11. The molecule has 5 heteroatoms. The number of nitrogens with one attached hydrogen (secondary N) is 2. The third-order valence-electron chi connectivity index (χ3n) is 2.51. The molecule has 2 rings (SSSR count). The number of thiocarbonyl (C=S) groups is 1. The predicted octanol–water partition coefficient (Wildman–Crippen LogP) is 3.71. The Balaban J connectivity index is 1.69. The maximum absolute atomic E-state index is 5.99. The molecule has 0 aliphatic rings. The van der Waals surface area contributed by atoms with Gasteiger partial charge in [-0.3, -0.25) is 0 Å². The Morgan fingerprint density at radius 1 is 1.05 bits per heavy atom. The van der Waals surface area contributed by atoms with Gasteiger partial charge in [-0.25, -0.2) is 0 Å². The molecule has 104 valence electrons. The van der Waals surface area contributed by atoms with Crippen molar-refractivity contribution in [1.29, 1.82) is 0 Å². The van der Waals surface area contributed by atoms with Crippen LogP contribution >= 0.6 is 23.8 Å². The van der Waals surface area contributed by atoms with Crippen molar-refractivity contribution in [2.75, 3.05) is 18.5 Å². The Morgan fingerprint density at radius 2 is 1.75 bits per heavy atom. The van der Waals surface area contributed by atoms with Gasteiger partial charge in [-0.2, -0.15) is 0 Å². The minimum Gasteiger partial charge on any atom is -0.490 e. The molecule has 0 fully saturated rings. The van der Waals surface area contributed by atoms with Crippen molar-refractivity contribution in [3.05, 3.63) is 59.6 Å². The van der Waals surface area contributed by atoms with E-state index in [2.05, 4.69) is 10.6 Å². The normalized spacial score (nSPS) is 9.85. The zero-order chi connectivity index (χ0) is 14.2. The highest BCUT2D eigenvalue weighted by Gasteiger charge is 2.00. The van der Waals surface area contributed by atoms with E-state index >= 15 is 0 Å². The van der Waals surface area contributed by atoms with Crippen LogP contribution in [0, 0.1) is 0 Å². The minimum absolute atomic E-state index is 0.486. The first-order valence-corrected chi connectivity index (χ1v) is 7.01. The van der Waals surface area contributed by atoms with Gasteiger partial charge in [-0.05, 0) is 36.5 Å². The number of rotatable bonds is 5. The number of hydrogen-bond acceptors (Lipinski definition) is 2. The van der Waals surface area contributed by atoms with Crippen LogP contribution in [0.5, 0.6) is 5.75 Å². The molecule has 0 aromatic heterocycles. The summed E-state index contributed by atoms with van der Waals surface area (Å²) in [6.07, 6.45) is 0. The van der Waals surface area contributed by atoms with Gasteiger partial charge < -0.3 is 15.4 Å². The fourth-order valence-electron chi connectivity index (χ4n) is 1.58. The van der Waals surface area contributed by atoms with Crippen LogP contribution in [-0.4, -0.2) is 18.3 Å². The van der Waals surface area contributed by atoms with Gasteiger partial charge in [0.15, 0.2) is 5.11 Å². The molecule has 2 aromatic carbocycles. The average molecular weight is 307 g/mol. The van der Waals surface area contributed by atoms with Gasteiger partial charge in [0.05, 0.1) is 11.6 Å². The second-order valence-electron chi connectivity index (χ2n) is 4.03. The first kappa shape index (κ1) is 14.6. The van der Waals surface area contributed by atoms with Crippen molar-refractivity contribution in [3.63, 3.8) is 0 Å². The van der Waals surface area contributed by atoms with E-state index in [1.807, 2.05) is 48.5 Å². The van der Waals surface area contributed by atoms with Gasteiger partial charge in [0.25, 0.3) is 0 Å². The summed E-state index contributed by atoms with van der Waals surface area (Å²) in [5.41, 5.74) is 0.956. The van der Waals surface area contributed by atoms with Gasteiger partial charge in [-0.1, -0.05) is 41.9 Å². The summed E-state index contributed by atoms with van der Waals surface area (Å²) in [5, 5.41) is 7.34. The van der Waals surface area contributed by atoms with Crippen molar-refractivity contribution in [2.45, 2.75) is 0 Å². The lowest BCUT2D eigenvalue weighted by Crippen LogP contribution is -2.31. The Labute approximate surface area is 128 Å². The molecule has 0 heterocycles. The molecule has 0 aliphatic carbocycles. The second kappa shape index (κ2) is 7.72. The predicted molar refractivity (Wildman–Crippen MR) is 87.6 cm³/mol. The summed E-state index contributed by atoms with van der Waals surface area (Å²) in [5.74, 6) is 0.679. The van der Waals surface area contributed by atoms with Crippen LogP contribution in [-0.2, 0) is 0 Å². The van der Waals surface area contributed by atoms with E-state index in [4.69, 9.17) is 28.6 Å². The molecule has 0 amide bonds. The molecule has 0 saturated carbocycles. The summed E-state index contributed by atoms with van der Waals surface area (Å²) in [4.78, 5) is 0. The highest BCUT2D eigenvalue weighted by atomic mass is 35.5. The fraction of sp³-hybridized carbons (Fsp3) is 0.133. The molecular weight excluding hydrogens is 292 g/mol. The summed E-state index contributed by atoms with van der Waals surface area (Å²) >= 11 is 11.2. The van der Waals surface area contributed by atoms with Gasteiger partial charge in [0.1, 0.15) is 12.4 Å². The van der Waals surface area contributed by atoms with Crippen LogP contribution in [0.15, 0.2) is 54.6 Å². The van der Waals surface area contributed by atoms with E-state index in [0.717, 1.165) is 5.69 Å². The van der Waals surface area contributed by atoms with Crippen LogP contribution in [0.1, 0.15) is 0 Å². The molecule has 0 radical (unpaired) electrons. The molecule has 20 heavy (non-hydrogen) atoms. The lowest BCUT2D eigenvalue weighted by atomic mass is 10.3. The highest BCUT2D eigenvalue weighted by molar-refractivity contribution is 7.80. The topological polar surface area (TPSA) is 33.3 Å². The summed E-state index contributed by atoms with van der Waals surface area (Å²) < 4.78 is 5.56. The molecule has 2 N–H and O–H groups in total. The molecule has 0 bridgehead atoms. The Bertz CT molecular complexity index is 563. The smallest absolute Gasteiger partial charge is 0.170 e. The molecule has 0 saturated heterocycles. The van der Waals surface area contributed by atoms with Crippen molar-refractivity contribution >= 4 is 34.6 Å². The van der Waals surface area contributed by atoms with E-state index < -0.39 is 0 Å². The van der Waals surface area contributed by atoms with Gasteiger partial charge in [0, 0.05) is 5.69 Å². The zero-order valence-electron chi connectivity index (χ0n) is 10.8. The van der Waals surface area contributed by atoms with E-state index in [-0.39, 0.29) is 0 Å². The standard InChI is InChI=1S/C15H15ClN2OS/c16-13-8-4-5-9-14(13)19-11-10-17-15(20)18-12-6-2-1-3-7-12/h1-9H,10-11H2,(H2,17,18,20). The maximum Gasteiger partial charge on any atom is 0.170 e. The van der Waals surface area contributed by atoms with Crippen molar-refractivity contribution in [3.8, 4) is 5.75 Å². The molecule has 0 spiro atoms. The molecule has 0 atom stereocenters. The van der Waals surface area contributed by atoms with Crippen LogP contribution in [0.4, 0.5) is 5.69 Å². The first-order valence-electron chi connectivity index (χ1n) is 6.23. The van der Waals surface area contributed by atoms with E-state index in [1.54, 1.807) is 6.07 Å². The number of benzene rings is 2. The Morgan fingerprint density at radius 3 is 2.50 bits per heavy atom. The highest BCUT2D eigenvalue weighted by Crippen LogP contribution is 2.22. The zero-order valence-corrected chi connectivity index (χ0v) is 12.4. The number of para-hydroxylation sites is 2. The molecule has 0 unspecified atom stereocenters. The van der Waals surface area contributed by atoms with E-state index in [1.165, 1.54) is 0 Å². The minimum atomic E-state index is 0.486. The number of anilines is 1. The SMILES string of the molecule is S=C(NCCOc1ccccc1Cl)Nc1ccccc1. The van der Waals surface area contributed by atoms with Crippen molar-refractivity contribution in [2.24, 2.45) is 0 Å². The second-order valence-corrected chi connectivity index (χ2v) is 4.84. The number of ether oxygens (including phenoxy) is 1. The largest absolute Gasteiger partial charge is 0.490 e. The van der Waals surface area contributed by atoms with Crippen LogP contribution < -0.4 is 15.4 Å². The van der Waals surface area contributed by atoms with Crippen molar-refractivity contribution < 1.29 is 4.74 Å². The Hall–Kier alpha value is -1.78. The molecular formula is C15H15ClN2OS. The monoisotopic (exact) mass is 306 g/mol. The fourth-order valence-corrected chi connectivity index (χ4v) is 1.99. The summed E-state index contributed by atoms with van der Waals surface area (Å²) in [7, 11) is 0. The van der Waals surface area contributed by atoms with Crippen LogP contribution in [0.25, 0.3) is 0 Å². The van der Waals surface area contributed by atoms with E-state index in [9.17, 15) is 0 Å². The Kier molecular flexibility index (Phi) is 5.65. The molecule has 0 aliphatic heterocycles.